The lowest BCUT2D eigenvalue weighted by Crippen LogP contribution is -2.32. The fraction of sp³-hybridized carbons (Fsp3) is 0.500. The van der Waals surface area contributed by atoms with E-state index in [1.807, 2.05) is 7.05 Å². The van der Waals surface area contributed by atoms with Gasteiger partial charge in [-0.2, -0.15) is 0 Å². The molecule has 0 aromatic heterocycles. The van der Waals surface area contributed by atoms with Crippen LogP contribution < -0.4 is 5.32 Å². The molecule has 14 heavy (non-hydrogen) atoms. The van der Waals surface area contributed by atoms with Crippen molar-refractivity contribution in [3.63, 3.8) is 0 Å². The van der Waals surface area contributed by atoms with Crippen LogP contribution >= 0.6 is 15.9 Å². The van der Waals surface area contributed by atoms with Crippen LogP contribution in [0.5, 0.6) is 0 Å². The second-order valence-corrected chi connectivity index (χ2v) is 4.89. The zero-order valence-electron chi connectivity index (χ0n) is 9.05. The molecule has 1 atom stereocenters. The van der Waals surface area contributed by atoms with Crippen LogP contribution in [0, 0.1) is 5.92 Å². The Morgan fingerprint density at radius 1 is 1.36 bits per heavy atom. The van der Waals surface area contributed by atoms with E-state index >= 15 is 0 Å². The summed E-state index contributed by atoms with van der Waals surface area (Å²) in [4.78, 5) is 0. The summed E-state index contributed by atoms with van der Waals surface area (Å²) >= 11 is 3.49. The molecule has 1 rings (SSSR count). The predicted octanol–water partition coefficient (Wildman–Crippen LogP) is 3.24. The van der Waals surface area contributed by atoms with E-state index in [2.05, 4.69) is 59.4 Å². The highest BCUT2D eigenvalue weighted by Crippen LogP contribution is 2.15. The zero-order chi connectivity index (χ0) is 10.6. The van der Waals surface area contributed by atoms with Crippen molar-refractivity contribution in [3.8, 4) is 0 Å². The van der Waals surface area contributed by atoms with E-state index in [9.17, 15) is 0 Å². The molecule has 0 spiro atoms. The lowest BCUT2D eigenvalue weighted by molar-refractivity contribution is 0.424. The van der Waals surface area contributed by atoms with Gasteiger partial charge in [0.05, 0.1) is 0 Å². The average molecular weight is 256 g/mol. The Morgan fingerprint density at radius 3 is 2.57 bits per heavy atom. The van der Waals surface area contributed by atoms with Crippen molar-refractivity contribution in [2.24, 2.45) is 5.92 Å². The number of benzene rings is 1. The van der Waals surface area contributed by atoms with Gasteiger partial charge in [0.1, 0.15) is 0 Å². The number of rotatable bonds is 4. The molecule has 0 heterocycles. The molecule has 0 aliphatic heterocycles. The summed E-state index contributed by atoms with van der Waals surface area (Å²) in [6.45, 7) is 4.50. The molecule has 1 nitrogen and oxygen atoms in total. The maximum Gasteiger partial charge on any atom is 0.0178 e. The Hall–Kier alpha value is -0.340. The van der Waals surface area contributed by atoms with Gasteiger partial charge in [0.2, 0.25) is 0 Å². The molecule has 0 aliphatic rings. The SMILES string of the molecule is CNC(Cc1cccc(Br)c1)C(C)C. The molecule has 1 unspecified atom stereocenters. The van der Waals surface area contributed by atoms with Crippen LogP contribution in [0.1, 0.15) is 19.4 Å². The molecule has 1 aromatic carbocycles. The van der Waals surface area contributed by atoms with Crippen molar-refractivity contribution in [2.75, 3.05) is 7.05 Å². The highest BCUT2D eigenvalue weighted by atomic mass is 79.9. The van der Waals surface area contributed by atoms with E-state index in [0.29, 0.717) is 12.0 Å². The van der Waals surface area contributed by atoms with Crippen LogP contribution in [0.4, 0.5) is 0 Å². The quantitative estimate of drug-likeness (QED) is 0.872. The van der Waals surface area contributed by atoms with Crippen LogP contribution in [-0.4, -0.2) is 13.1 Å². The van der Waals surface area contributed by atoms with Crippen molar-refractivity contribution in [1.82, 2.24) is 5.32 Å². The van der Waals surface area contributed by atoms with Crippen LogP contribution in [0.15, 0.2) is 28.7 Å². The molecule has 0 bridgehead atoms. The highest BCUT2D eigenvalue weighted by Gasteiger charge is 2.11. The fourth-order valence-electron chi connectivity index (χ4n) is 1.59. The molecule has 0 fully saturated rings. The van der Waals surface area contributed by atoms with E-state index in [-0.39, 0.29) is 0 Å². The van der Waals surface area contributed by atoms with E-state index in [1.165, 1.54) is 5.56 Å². The van der Waals surface area contributed by atoms with Crippen LogP contribution in [-0.2, 0) is 6.42 Å². The first-order valence-corrected chi connectivity index (χ1v) is 5.84. The van der Waals surface area contributed by atoms with E-state index in [1.54, 1.807) is 0 Å². The largest absolute Gasteiger partial charge is 0.316 e. The number of likely N-dealkylation sites (N-methyl/N-ethyl adjacent to an activating group) is 1. The standard InChI is InChI=1S/C12H18BrN/c1-9(2)12(14-3)8-10-5-4-6-11(13)7-10/h4-7,9,12,14H,8H2,1-3H3. The lowest BCUT2D eigenvalue weighted by atomic mass is 9.97. The summed E-state index contributed by atoms with van der Waals surface area (Å²) in [6.07, 6.45) is 1.09. The van der Waals surface area contributed by atoms with E-state index < -0.39 is 0 Å². The van der Waals surface area contributed by atoms with Gasteiger partial charge in [-0.3, -0.25) is 0 Å². The van der Waals surface area contributed by atoms with Crippen molar-refractivity contribution in [2.45, 2.75) is 26.3 Å². The third-order valence-electron chi connectivity index (χ3n) is 2.52. The third-order valence-corrected chi connectivity index (χ3v) is 3.01. The van der Waals surface area contributed by atoms with Crippen molar-refractivity contribution in [1.29, 1.82) is 0 Å². The van der Waals surface area contributed by atoms with Crippen LogP contribution in [0.25, 0.3) is 0 Å². The van der Waals surface area contributed by atoms with Crippen molar-refractivity contribution in [3.05, 3.63) is 34.3 Å². The Kier molecular flexibility index (Phi) is 4.63. The smallest absolute Gasteiger partial charge is 0.0178 e. The molecule has 0 amide bonds. The van der Waals surface area contributed by atoms with E-state index in [0.717, 1.165) is 10.9 Å². The average Bonchev–Trinajstić information content (AvgIpc) is 2.14. The zero-order valence-corrected chi connectivity index (χ0v) is 10.6. The first-order valence-electron chi connectivity index (χ1n) is 5.05. The topological polar surface area (TPSA) is 12.0 Å². The second-order valence-electron chi connectivity index (χ2n) is 3.97. The number of hydrogen-bond donors (Lipinski definition) is 1. The molecular formula is C12H18BrN. The minimum Gasteiger partial charge on any atom is -0.316 e. The molecule has 78 valence electrons. The minimum absolute atomic E-state index is 0.560. The monoisotopic (exact) mass is 255 g/mol. The molecule has 0 saturated carbocycles. The van der Waals surface area contributed by atoms with Gasteiger partial charge in [-0.1, -0.05) is 41.9 Å². The van der Waals surface area contributed by atoms with Crippen LogP contribution in [0.2, 0.25) is 0 Å². The van der Waals surface area contributed by atoms with Gasteiger partial charge in [-0.15, -0.1) is 0 Å². The van der Waals surface area contributed by atoms with Gasteiger partial charge < -0.3 is 5.32 Å². The Morgan fingerprint density at radius 2 is 2.07 bits per heavy atom. The maximum absolute atomic E-state index is 3.49. The molecule has 1 N–H and O–H groups in total. The van der Waals surface area contributed by atoms with Gasteiger partial charge in [-0.25, -0.2) is 0 Å². The number of nitrogens with one attached hydrogen (secondary N) is 1. The van der Waals surface area contributed by atoms with E-state index in [4.69, 9.17) is 0 Å². The summed E-state index contributed by atoms with van der Waals surface area (Å²) in [5, 5.41) is 3.35. The molecule has 1 aromatic rings. The Labute approximate surface area is 95.0 Å². The second kappa shape index (κ2) is 5.52. The summed E-state index contributed by atoms with van der Waals surface area (Å²) in [7, 11) is 2.03. The fourth-order valence-corrected chi connectivity index (χ4v) is 2.04. The molecule has 0 aliphatic carbocycles. The third kappa shape index (κ3) is 3.43. The molecule has 2 heteroatoms. The molecular weight excluding hydrogens is 238 g/mol. The van der Waals surface area contributed by atoms with Crippen molar-refractivity contribution < 1.29 is 0 Å². The number of hydrogen-bond acceptors (Lipinski definition) is 1. The predicted molar refractivity (Wildman–Crippen MR) is 65.5 cm³/mol. The summed E-state index contributed by atoms with van der Waals surface area (Å²) in [6, 6.07) is 9.08. The Balaban J connectivity index is 2.67. The van der Waals surface area contributed by atoms with Gasteiger partial charge in [-0.05, 0) is 37.1 Å². The minimum atomic E-state index is 0.560. The summed E-state index contributed by atoms with van der Waals surface area (Å²) < 4.78 is 1.16. The molecule has 0 saturated heterocycles. The first-order chi connectivity index (χ1) is 6.63. The normalized spacial score (nSPS) is 13.2. The maximum atomic E-state index is 3.49. The Bertz CT molecular complexity index is 283. The van der Waals surface area contributed by atoms with Gasteiger partial charge in [0, 0.05) is 10.5 Å². The van der Waals surface area contributed by atoms with Crippen LogP contribution in [0.3, 0.4) is 0 Å². The van der Waals surface area contributed by atoms with Crippen molar-refractivity contribution >= 4 is 15.9 Å². The molecule has 0 radical (unpaired) electrons. The lowest BCUT2D eigenvalue weighted by Gasteiger charge is -2.20. The van der Waals surface area contributed by atoms with Gasteiger partial charge in [0.15, 0.2) is 0 Å². The summed E-state index contributed by atoms with van der Waals surface area (Å²) in [5.41, 5.74) is 1.38. The van der Waals surface area contributed by atoms with Gasteiger partial charge >= 0.3 is 0 Å². The highest BCUT2D eigenvalue weighted by molar-refractivity contribution is 9.10. The number of halogens is 1. The van der Waals surface area contributed by atoms with Gasteiger partial charge in [0.25, 0.3) is 0 Å². The first kappa shape index (κ1) is 11.7. The summed E-state index contributed by atoms with van der Waals surface area (Å²) in [5.74, 6) is 0.666.